The van der Waals surface area contributed by atoms with E-state index >= 15 is 0 Å². The summed E-state index contributed by atoms with van der Waals surface area (Å²) < 4.78 is 0. The smallest absolute Gasteiger partial charge is 0.325 e. The van der Waals surface area contributed by atoms with Crippen molar-refractivity contribution < 1.29 is 29.7 Å². The maximum atomic E-state index is 10.4. The molecule has 31 heavy (non-hydrogen) atoms. The van der Waals surface area contributed by atoms with Gasteiger partial charge in [-0.25, -0.2) is 0 Å². The zero-order chi connectivity index (χ0) is 24.2. The van der Waals surface area contributed by atoms with E-state index < -0.39 is 36.0 Å². The van der Waals surface area contributed by atoms with E-state index in [4.69, 9.17) is 32.5 Å². The summed E-state index contributed by atoms with van der Waals surface area (Å²) >= 11 is 1.60. The van der Waals surface area contributed by atoms with Gasteiger partial charge in [0, 0.05) is 5.69 Å². The van der Waals surface area contributed by atoms with Crippen LogP contribution in [0.1, 0.15) is 32.6 Å². The molecule has 0 aromatic heterocycles. The lowest BCUT2D eigenvalue weighted by molar-refractivity contribution is -0.139. The van der Waals surface area contributed by atoms with Gasteiger partial charge in [-0.2, -0.15) is 11.8 Å². The van der Waals surface area contributed by atoms with Gasteiger partial charge in [0.15, 0.2) is 0 Å². The molecule has 0 spiro atoms. The third-order valence-corrected chi connectivity index (χ3v) is 4.41. The van der Waals surface area contributed by atoms with Crippen molar-refractivity contribution in [2.24, 2.45) is 17.2 Å². The van der Waals surface area contributed by atoms with Gasteiger partial charge in [-0.3, -0.25) is 14.4 Å². The Morgan fingerprint density at radius 1 is 0.935 bits per heavy atom. The van der Waals surface area contributed by atoms with E-state index in [1.165, 1.54) is 0 Å². The summed E-state index contributed by atoms with van der Waals surface area (Å²) in [4.78, 5) is 30.6. The number of nitrogens with two attached hydrogens (primary N) is 3. The minimum atomic E-state index is -0.933. The van der Waals surface area contributed by atoms with E-state index in [-0.39, 0.29) is 0 Å². The molecule has 0 fully saturated rings. The Hall–Kier alpha value is -2.34. The molecule has 1 aromatic carbocycles. The van der Waals surface area contributed by atoms with Crippen molar-refractivity contribution in [2.75, 3.05) is 23.9 Å². The predicted octanol–water partition coefficient (Wildman–Crippen LogP) is 1.25. The number of para-hydroxylation sites is 1. The van der Waals surface area contributed by atoms with Crippen LogP contribution in [0, 0.1) is 0 Å². The number of rotatable bonds is 12. The first-order chi connectivity index (χ1) is 14.6. The molecule has 0 heterocycles. The van der Waals surface area contributed by atoms with E-state index in [2.05, 4.69) is 5.32 Å². The second-order valence-corrected chi connectivity index (χ2v) is 7.51. The summed E-state index contributed by atoms with van der Waals surface area (Å²) in [6.07, 6.45) is 4.64. The van der Waals surface area contributed by atoms with E-state index in [0.717, 1.165) is 24.3 Å². The van der Waals surface area contributed by atoms with Crippen LogP contribution < -0.4 is 22.5 Å². The lowest BCUT2D eigenvalue weighted by atomic mass is 10.1. The molecule has 0 aliphatic rings. The first kappa shape index (κ1) is 30.9. The number of hydrogen-bond donors (Lipinski definition) is 7. The molecule has 11 heteroatoms. The number of carboxylic acid groups (broad SMARTS) is 3. The number of hydrogen-bond acceptors (Lipinski definition) is 8. The summed E-state index contributed by atoms with van der Waals surface area (Å²) in [6.45, 7) is 2.21. The van der Waals surface area contributed by atoms with Crippen molar-refractivity contribution in [1.82, 2.24) is 0 Å². The minimum Gasteiger partial charge on any atom is -0.480 e. The first-order valence-electron chi connectivity index (χ1n) is 9.76. The van der Waals surface area contributed by atoms with Crippen LogP contribution in [0.3, 0.4) is 0 Å². The lowest BCUT2D eigenvalue weighted by Crippen LogP contribution is -2.30. The topological polar surface area (TPSA) is 202 Å². The molecule has 0 amide bonds. The summed E-state index contributed by atoms with van der Waals surface area (Å²) in [6, 6.07) is 7.32. The van der Waals surface area contributed by atoms with E-state index in [0.29, 0.717) is 19.4 Å². The number of carbonyl (C=O) groups is 3. The number of unbranched alkanes of at least 4 members (excludes halogenated alkanes) is 1. The van der Waals surface area contributed by atoms with Gasteiger partial charge in [0.2, 0.25) is 0 Å². The van der Waals surface area contributed by atoms with Gasteiger partial charge in [-0.1, -0.05) is 24.6 Å². The molecule has 0 bridgehead atoms. The number of benzene rings is 1. The maximum absolute atomic E-state index is 10.4. The van der Waals surface area contributed by atoms with Crippen LogP contribution in [0.5, 0.6) is 0 Å². The summed E-state index contributed by atoms with van der Waals surface area (Å²) in [7, 11) is 0. The van der Waals surface area contributed by atoms with Crippen LogP contribution in [0.2, 0.25) is 0 Å². The number of carboxylic acids is 3. The first-order valence-corrected chi connectivity index (χ1v) is 11.2. The van der Waals surface area contributed by atoms with Gasteiger partial charge in [-0.15, -0.1) is 0 Å². The zero-order valence-electron chi connectivity index (χ0n) is 18.1. The highest BCUT2D eigenvalue weighted by Gasteiger charge is 2.10. The Bertz CT molecular complexity index is 621. The number of aliphatic carboxylic acids is 3. The van der Waals surface area contributed by atoms with Crippen LogP contribution in [-0.2, 0) is 14.4 Å². The molecule has 10 N–H and O–H groups in total. The lowest BCUT2D eigenvalue weighted by Gasteiger charge is -2.09. The highest BCUT2D eigenvalue weighted by molar-refractivity contribution is 7.98. The number of thioether (sulfide) groups is 1. The van der Waals surface area contributed by atoms with Crippen LogP contribution >= 0.6 is 11.8 Å². The average molecular weight is 461 g/mol. The molecule has 1 rings (SSSR count). The Morgan fingerprint density at radius 3 is 1.87 bits per heavy atom. The van der Waals surface area contributed by atoms with Crippen molar-refractivity contribution in [3.05, 3.63) is 30.3 Å². The standard InChI is InChI=1S/C9H11NO2.C6H14N2O2.C5H11NO2S/c1-7(9(11)12)10-8-5-3-2-4-6-8;7-4-2-1-3-5(8)6(9)10;1-9-3-2-4(6)5(7)8/h2-7,10H,1H3,(H,11,12);5H,1-4,7-8H2,(H,9,10);4H,2-3,6H2,1H3,(H,7,8)/t7-;5-;4-/m000/s1. The minimum absolute atomic E-state index is 0.520. The molecule has 0 aliphatic carbocycles. The van der Waals surface area contributed by atoms with E-state index in [1.807, 2.05) is 36.6 Å². The van der Waals surface area contributed by atoms with Crippen molar-refractivity contribution in [1.29, 1.82) is 0 Å². The molecule has 10 nitrogen and oxygen atoms in total. The third-order valence-electron chi connectivity index (χ3n) is 3.76. The van der Waals surface area contributed by atoms with Gasteiger partial charge in [0.1, 0.15) is 18.1 Å². The van der Waals surface area contributed by atoms with Gasteiger partial charge in [-0.05, 0) is 56.9 Å². The molecule has 178 valence electrons. The molecular formula is C20H36N4O6S. The highest BCUT2D eigenvalue weighted by atomic mass is 32.2. The molecular weight excluding hydrogens is 424 g/mol. The normalized spacial score (nSPS) is 12.7. The molecule has 0 radical (unpaired) electrons. The van der Waals surface area contributed by atoms with Crippen molar-refractivity contribution in [3.8, 4) is 0 Å². The summed E-state index contributed by atoms with van der Waals surface area (Å²) in [5.74, 6) is -1.88. The number of nitrogens with one attached hydrogen (secondary N) is 1. The molecule has 3 atom stereocenters. The quantitative estimate of drug-likeness (QED) is 0.221. The van der Waals surface area contributed by atoms with Crippen LogP contribution in [0.25, 0.3) is 0 Å². The van der Waals surface area contributed by atoms with Gasteiger partial charge in [0.25, 0.3) is 0 Å². The third kappa shape index (κ3) is 19.4. The van der Waals surface area contributed by atoms with Gasteiger partial charge >= 0.3 is 17.9 Å². The Labute approximate surface area is 187 Å². The predicted molar refractivity (Wildman–Crippen MR) is 124 cm³/mol. The van der Waals surface area contributed by atoms with Crippen molar-refractivity contribution >= 4 is 35.4 Å². The molecule has 0 unspecified atom stereocenters. The summed E-state index contributed by atoms with van der Waals surface area (Å²) in [5, 5.41) is 28.0. The van der Waals surface area contributed by atoms with E-state index in [9.17, 15) is 14.4 Å². The van der Waals surface area contributed by atoms with Crippen LogP contribution in [0.15, 0.2) is 30.3 Å². The fraction of sp³-hybridized carbons (Fsp3) is 0.550. The maximum Gasteiger partial charge on any atom is 0.325 e. The molecule has 0 aliphatic heterocycles. The van der Waals surface area contributed by atoms with Gasteiger partial charge in [0.05, 0.1) is 0 Å². The second-order valence-electron chi connectivity index (χ2n) is 6.53. The van der Waals surface area contributed by atoms with Crippen LogP contribution in [0.4, 0.5) is 5.69 Å². The second kappa shape index (κ2) is 19.6. The molecule has 1 aromatic rings. The average Bonchev–Trinajstić information content (AvgIpc) is 2.73. The van der Waals surface area contributed by atoms with E-state index in [1.54, 1.807) is 18.7 Å². The zero-order valence-corrected chi connectivity index (χ0v) is 18.9. The molecule has 0 saturated heterocycles. The number of anilines is 1. The van der Waals surface area contributed by atoms with Crippen molar-refractivity contribution in [3.63, 3.8) is 0 Å². The summed E-state index contributed by atoms with van der Waals surface area (Å²) in [5.41, 5.74) is 16.4. The molecule has 0 saturated carbocycles. The fourth-order valence-corrected chi connectivity index (χ4v) is 2.34. The SMILES string of the molecule is CSCC[C@H](N)C(=O)O.C[C@H](Nc1ccccc1)C(=O)O.NCCCC[C@H](N)C(=O)O. The largest absolute Gasteiger partial charge is 0.480 e. The van der Waals surface area contributed by atoms with Crippen molar-refractivity contribution in [2.45, 2.75) is 50.7 Å². The Balaban J connectivity index is 0. The highest BCUT2D eigenvalue weighted by Crippen LogP contribution is 2.06. The Kier molecular flexibility index (Phi) is 19.5. The van der Waals surface area contributed by atoms with Crippen LogP contribution in [-0.4, -0.2) is 69.9 Å². The fourth-order valence-electron chi connectivity index (χ4n) is 1.85. The monoisotopic (exact) mass is 460 g/mol. The Morgan fingerprint density at radius 2 is 1.45 bits per heavy atom. The van der Waals surface area contributed by atoms with Gasteiger partial charge < -0.3 is 37.8 Å².